The molecule has 5 aromatic rings. The summed E-state index contributed by atoms with van der Waals surface area (Å²) in [6.45, 7) is -0.703. The summed E-state index contributed by atoms with van der Waals surface area (Å²) in [5.74, 6) is -5.25. The molecular formula is C41H29N3O9. The fraction of sp³-hybridized carbons (Fsp3) is 0.146. The first kappa shape index (κ1) is 33.2. The van der Waals surface area contributed by atoms with E-state index in [9.17, 15) is 34.1 Å². The van der Waals surface area contributed by atoms with Crippen molar-refractivity contribution in [3.63, 3.8) is 0 Å². The number of imide groups is 1. The number of Topliss-reactive ketones (excluding diaryl/α,β-unsaturated/α-hetero) is 1. The van der Waals surface area contributed by atoms with E-state index in [2.05, 4.69) is 0 Å². The van der Waals surface area contributed by atoms with Crippen LogP contribution in [0.1, 0.15) is 65.2 Å². The van der Waals surface area contributed by atoms with Crippen LogP contribution in [0.25, 0.3) is 0 Å². The highest BCUT2D eigenvalue weighted by Gasteiger charge is 2.63. The largest absolute Gasteiger partial charge is 0.497 e. The van der Waals surface area contributed by atoms with Gasteiger partial charge in [0.25, 0.3) is 23.4 Å². The Morgan fingerprint density at radius 1 is 0.679 bits per heavy atom. The van der Waals surface area contributed by atoms with Gasteiger partial charge in [-0.2, -0.15) is 5.01 Å². The Labute approximate surface area is 302 Å². The zero-order chi connectivity index (χ0) is 37.0. The van der Waals surface area contributed by atoms with Gasteiger partial charge in [-0.3, -0.25) is 29.3 Å². The number of carbonyl (C=O) groups excluding carboxylic acids is 5. The molecule has 262 valence electrons. The molecule has 0 saturated carbocycles. The summed E-state index contributed by atoms with van der Waals surface area (Å²) in [6, 6.07) is 32.2. The lowest BCUT2D eigenvalue weighted by Crippen LogP contribution is -2.52. The Morgan fingerprint density at radius 2 is 1.21 bits per heavy atom. The lowest BCUT2D eigenvalue weighted by Gasteiger charge is -2.45. The molecular weight excluding hydrogens is 678 g/mol. The molecule has 0 radical (unpaired) electrons. The van der Waals surface area contributed by atoms with Crippen molar-refractivity contribution in [2.24, 2.45) is 11.8 Å². The quantitative estimate of drug-likeness (QED) is 0.0451. The average molecular weight is 708 g/mol. The number of non-ortho nitro benzene ring substituents is 1. The highest BCUT2D eigenvalue weighted by atomic mass is 16.6. The first-order chi connectivity index (χ1) is 25.7. The molecule has 0 spiro atoms. The fourth-order valence-electron chi connectivity index (χ4n) is 7.86. The van der Waals surface area contributed by atoms with Gasteiger partial charge in [-0.25, -0.2) is 9.80 Å². The summed E-state index contributed by atoms with van der Waals surface area (Å²) >= 11 is 0. The van der Waals surface area contributed by atoms with Gasteiger partial charge >= 0.3 is 5.97 Å². The van der Waals surface area contributed by atoms with Crippen molar-refractivity contribution in [2.75, 3.05) is 13.7 Å². The van der Waals surface area contributed by atoms with E-state index in [0.717, 1.165) is 44.4 Å². The molecule has 12 nitrogen and oxygen atoms in total. The van der Waals surface area contributed by atoms with Crippen LogP contribution in [-0.4, -0.2) is 58.1 Å². The van der Waals surface area contributed by atoms with Gasteiger partial charge in [0, 0.05) is 35.1 Å². The number of benzene rings is 5. The molecule has 2 atom stereocenters. The second kappa shape index (κ2) is 13.0. The zero-order valence-electron chi connectivity index (χ0n) is 28.1. The highest BCUT2D eigenvalue weighted by Crippen LogP contribution is 2.61. The number of rotatable bonds is 9. The summed E-state index contributed by atoms with van der Waals surface area (Å²) in [6.07, 6.45) is 0. The first-order valence-electron chi connectivity index (χ1n) is 16.8. The van der Waals surface area contributed by atoms with Gasteiger partial charge in [0.15, 0.2) is 5.78 Å². The lowest BCUT2D eigenvalue weighted by molar-refractivity contribution is -0.384. The summed E-state index contributed by atoms with van der Waals surface area (Å²) < 4.78 is 10.6. The topological polar surface area (TPSA) is 153 Å². The molecule has 53 heavy (non-hydrogen) atoms. The molecule has 1 saturated heterocycles. The Bertz CT molecular complexity index is 2240. The monoisotopic (exact) mass is 707 g/mol. The number of hydrogen-bond donors (Lipinski definition) is 0. The molecule has 4 aliphatic rings. The van der Waals surface area contributed by atoms with Gasteiger partial charge in [-0.05, 0) is 76.9 Å². The molecule has 12 heteroatoms. The van der Waals surface area contributed by atoms with E-state index < -0.39 is 64.6 Å². The Balaban J connectivity index is 1.11. The van der Waals surface area contributed by atoms with Crippen LogP contribution in [0.2, 0.25) is 0 Å². The number of esters is 1. The van der Waals surface area contributed by atoms with Crippen LogP contribution in [0.5, 0.6) is 11.5 Å². The number of nitro benzene ring substituents is 1. The van der Waals surface area contributed by atoms with Crippen molar-refractivity contribution in [3.05, 3.63) is 170 Å². The van der Waals surface area contributed by atoms with Crippen molar-refractivity contribution in [1.29, 1.82) is 0 Å². The molecule has 3 amide bonds. The predicted molar refractivity (Wildman–Crippen MR) is 188 cm³/mol. The van der Waals surface area contributed by atoms with Crippen LogP contribution in [0.3, 0.4) is 0 Å². The van der Waals surface area contributed by atoms with Gasteiger partial charge in [-0.1, -0.05) is 54.6 Å². The van der Waals surface area contributed by atoms with Gasteiger partial charge < -0.3 is 9.47 Å². The fourth-order valence-corrected chi connectivity index (χ4v) is 7.86. The van der Waals surface area contributed by atoms with E-state index in [0.29, 0.717) is 5.75 Å². The maximum absolute atomic E-state index is 14.6. The number of ether oxygens (including phenoxy) is 2. The van der Waals surface area contributed by atoms with Crippen LogP contribution >= 0.6 is 0 Å². The zero-order valence-corrected chi connectivity index (χ0v) is 28.1. The van der Waals surface area contributed by atoms with E-state index in [4.69, 9.17) is 9.47 Å². The van der Waals surface area contributed by atoms with Gasteiger partial charge in [-0.15, -0.1) is 0 Å². The van der Waals surface area contributed by atoms with Gasteiger partial charge in [0.05, 0.1) is 29.4 Å². The Kier molecular flexibility index (Phi) is 8.14. The summed E-state index contributed by atoms with van der Waals surface area (Å²) in [7, 11) is 1.48. The molecule has 2 bridgehead atoms. The van der Waals surface area contributed by atoms with Crippen LogP contribution in [0, 0.1) is 22.0 Å². The number of nitrogens with zero attached hydrogens (tertiary/aromatic N) is 3. The van der Waals surface area contributed by atoms with Crippen LogP contribution in [0.4, 0.5) is 5.69 Å². The summed E-state index contributed by atoms with van der Waals surface area (Å²) in [4.78, 5) is 80.7. The molecule has 5 aromatic carbocycles. The lowest BCUT2D eigenvalue weighted by atomic mass is 9.55. The van der Waals surface area contributed by atoms with Crippen molar-refractivity contribution >= 4 is 35.2 Å². The van der Waals surface area contributed by atoms with Gasteiger partial charge in [0.2, 0.25) is 0 Å². The van der Waals surface area contributed by atoms with E-state index in [1.807, 2.05) is 48.5 Å². The third-order valence-corrected chi connectivity index (χ3v) is 10.2. The smallest absolute Gasteiger partial charge is 0.343 e. The number of methoxy groups -OCH3 is 1. The van der Waals surface area contributed by atoms with Crippen LogP contribution in [0.15, 0.2) is 121 Å². The second-order valence-electron chi connectivity index (χ2n) is 13.0. The third-order valence-electron chi connectivity index (χ3n) is 10.2. The summed E-state index contributed by atoms with van der Waals surface area (Å²) in [5, 5.41) is 13.0. The van der Waals surface area contributed by atoms with Crippen molar-refractivity contribution in [1.82, 2.24) is 10.0 Å². The second-order valence-corrected chi connectivity index (χ2v) is 13.0. The molecule has 0 N–H and O–H groups in total. The minimum absolute atomic E-state index is 0.0618. The first-order valence-corrected chi connectivity index (χ1v) is 16.8. The maximum Gasteiger partial charge on any atom is 0.343 e. The van der Waals surface area contributed by atoms with Crippen molar-refractivity contribution in [3.8, 4) is 11.5 Å². The van der Waals surface area contributed by atoms with E-state index in [1.54, 1.807) is 18.2 Å². The van der Waals surface area contributed by atoms with Crippen LogP contribution < -0.4 is 9.47 Å². The van der Waals surface area contributed by atoms with Crippen molar-refractivity contribution in [2.45, 2.75) is 11.8 Å². The molecule has 0 aromatic heterocycles. The van der Waals surface area contributed by atoms with Crippen molar-refractivity contribution < 1.29 is 38.4 Å². The standard InChI is InChI=1S/C41H29N3O9/c1-52-28-8-6-7-25(21-28)41(49)53-27-19-15-23(16-20-27)33(45)22-42(38(46)24-13-17-26(18-14-24)44(50)51)43-39(47)36-34-29-9-2-3-10-30(29)35(37(36)40(43)48)32-12-5-4-11-31(32)34/h2-21,34-37H,22H2,1H3/t34?,35?,36-,37-/m1/s1. The minimum atomic E-state index is -0.861. The molecule has 0 unspecified atom stereocenters. The predicted octanol–water partition coefficient (Wildman–Crippen LogP) is 5.95. The number of ketones is 1. The Hall–Kier alpha value is -6.95. The average Bonchev–Trinajstić information content (AvgIpc) is 3.46. The van der Waals surface area contributed by atoms with E-state index in [-0.39, 0.29) is 28.1 Å². The molecule has 9 rings (SSSR count). The number of hydrazine groups is 1. The Morgan fingerprint density at radius 3 is 1.72 bits per heavy atom. The number of nitro groups is 1. The third kappa shape index (κ3) is 5.51. The maximum atomic E-state index is 14.6. The molecule has 3 aliphatic carbocycles. The number of hydrogen-bond acceptors (Lipinski definition) is 9. The molecule has 1 fully saturated rings. The highest BCUT2D eigenvalue weighted by molar-refractivity contribution is 6.11. The normalized spacial score (nSPS) is 19.2. The number of carbonyl (C=O) groups is 5. The van der Waals surface area contributed by atoms with Gasteiger partial charge in [0.1, 0.15) is 18.0 Å². The number of amides is 3. The van der Waals surface area contributed by atoms with Crippen LogP contribution in [-0.2, 0) is 9.59 Å². The minimum Gasteiger partial charge on any atom is -0.497 e. The SMILES string of the molecule is COc1cccc(C(=O)Oc2ccc(C(=O)CN(C(=O)c3ccc([N+](=O)[O-])cc3)N3C(=O)[C@@H]4C5c6ccccc6C(c6ccccc65)[C@H]4C3=O)cc2)c1. The molecule has 1 heterocycles. The summed E-state index contributed by atoms with van der Waals surface area (Å²) in [5.41, 5.74) is 3.81. The van der Waals surface area contributed by atoms with E-state index in [1.165, 1.54) is 49.6 Å². The molecule has 1 aliphatic heterocycles. The van der Waals surface area contributed by atoms with E-state index >= 15 is 0 Å².